The maximum absolute atomic E-state index is 11.7. The van der Waals surface area contributed by atoms with E-state index in [0.717, 1.165) is 12.1 Å². The number of likely N-dealkylation sites (N-methyl/N-ethyl adjacent to an activating group) is 1. The average molecular weight is 309 g/mol. The monoisotopic (exact) mass is 309 g/mol. The molecule has 1 N–H and O–H groups in total. The Morgan fingerprint density at radius 1 is 1.43 bits per heavy atom. The van der Waals surface area contributed by atoms with E-state index in [1.54, 1.807) is 32.2 Å². The highest BCUT2D eigenvalue weighted by atomic mass is 32.1. The SMILES string of the molecule is Cc1ncsc1CCN(C)C(C(=O)O)c1c(C)noc1C. The molecule has 0 aliphatic rings. The van der Waals surface area contributed by atoms with Gasteiger partial charge in [-0.3, -0.25) is 9.69 Å². The molecule has 0 aromatic carbocycles. The highest BCUT2D eigenvalue weighted by Crippen LogP contribution is 2.27. The van der Waals surface area contributed by atoms with Gasteiger partial charge in [0.25, 0.3) is 0 Å². The summed E-state index contributed by atoms with van der Waals surface area (Å²) in [6.07, 6.45) is 0.778. The number of nitrogens with zero attached hydrogens (tertiary/aromatic N) is 3. The van der Waals surface area contributed by atoms with Gasteiger partial charge in [-0.05, 0) is 34.2 Å². The normalized spacial score (nSPS) is 12.8. The Balaban J connectivity index is 2.15. The van der Waals surface area contributed by atoms with Gasteiger partial charge < -0.3 is 9.63 Å². The van der Waals surface area contributed by atoms with Gasteiger partial charge in [0.15, 0.2) is 0 Å². The molecule has 1 unspecified atom stereocenters. The Labute approximate surface area is 127 Å². The molecule has 0 amide bonds. The first-order valence-corrected chi connectivity index (χ1v) is 7.54. The molecule has 21 heavy (non-hydrogen) atoms. The van der Waals surface area contributed by atoms with Gasteiger partial charge in [-0.1, -0.05) is 5.16 Å². The fourth-order valence-electron chi connectivity index (χ4n) is 2.39. The van der Waals surface area contributed by atoms with Crippen LogP contribution in [0.1, 0.15) is 33.6 Å². The summed E-state index contributed by atoms with van der Waals surface area (Å²) >= 11 is 1.60. The quantitative estimate of drug-likeness (QED) is 0.882. The maximum Gasteiger partial charge on any atom is 0.325 e. The summed E-state index contributed by atoms with van der Waals surface area (Å²) in [5.41, 5.74) is 4.09. The van der Waals surface area contributed by atoms with Gasteiger partial charge in [0.05, 0.1) is 16.9 Å². The molecule has 114 valence electrons. The van der Waals surface area contributed by atoms with Gasteiger partial charge in [0.1, 0.15) is 11.8 Å². The van der Waals surface area contributed by atoms with Crippen molar-refractivity contribution in [3.05, 3.63) is 33.1 Å². The topological polar surface area (TPSA) is 79.5 Å². The molecule has 0 bridgehead atoms. The Kier molecular flexibility index (Phi) is 4.74. The van der Waals surface area contributed by atoms with Gasteiger partial charge in [-0.25, -0.2) is 4.98 Å². The summed E-state index contributed by atoms with van der Waals surface area (Å²) in [5.74, 6) is -0.339. The number of hydrogen-bond donors (Lipinski definition) is 1. The van der Waals surface area contributed by atoms with Crippen molar-refractivity contribution in [2.75, 3.05) is 13.6 Å². The molecule has 6 nitrogen and oxygen atoms in total. The lowest BCUT2D eigenvalue weighted by Crippen LogP contribution is -2.33. The predicted molar refractivity (Wildman–Crippen MR) is 79.5 cm³/mol. The van der Waals surface area contributed by atoms with Crippen molar-refractivity contribution in [3.63, 3.8) is 0 Å². The van der Waals surface area contributed by atoms with Crippen LogP contribution in [0.5, 0.6) is 0 Å². The van der Waals surface area contributed by atoms with Gasteiger partial charge in [0, 0.05) is 17.0 Å². The molecular formula is C14H19N3O3S. The van der Waals surface area contributed by atoms with Gasteiger partial charge >= 0.3 is 5.97 Å². The first-order valence-electron chi connectivity index (χ1n) is 6.66. The Morgan fingerprint density at radius 3 is 2.62 bits per heavy atom. The molecule has 0 saturated carbocycles. The lowest BCUT2D eigenvalue weighted by molar-refractivity contribution is -0.143. The second kappa shape index (κ2) is 6.36. The lowest BCUT2D eigenvalue weighted by atomic mass is 10.0. The van der Waals surface area contributed by atoms with Crippen LogP contribution in [0.3, 0.4) is 0 Å². The molecule has 7 heteroatoms. The minimum atomic E-state index is -0.895. The number of hydrogen-bond acceptors (Lipinski definition) is 6. The third kappa shape index (κ3) is 3.30. The number of carbonyl (C=O) groups is 1. The van der Waals surface area contributed by atoms with Gasteiger partial charge in [-0.15, -0.1) is 11.3 Å². The van der Waals surface area contributed by atoms with Crippen molar-refractivity contribution in [1.82, 2.24) is 15.0 Å². The minimum absolute atomic E-state index is 0.556. The van der Waals surface area contributed by atoms with E-state index in [9.17, 15) is 9.90 Å². The van der Waals surface area contributed by atoms with Gasteiger partial charge in [0.2, 0.25) is 0 Å². The number of aliphatic carboxylic acids is 1. The minimum Gasteiger partial charge on any atom is -0.480 e. The van der Waals surface area contributed by atoms with E-state index in [1.807, 2.05) is 17.3 Å². The van der Waals surface area contributed by atoms with Crippen molar-refractivity contribution in [2.45, 2.75) is 33.2 Å². The predicted octanol–water partition coefficient (Wildman–Crippen LogP) is 2.36. The largest absolute Gasteiger partial charge is 0.480 e. The number of rotatable bonds is 6. The summed E-state index contributed by atoms with van der Waals surface area (Å²) in [6.45, 7) is 6.11. The fourth-order valence-corrected chi connectivity index (χ4v) is 3.16. The third-order valence-corrected chi connectivity index (χ3v) is 4.57. The molecule has 0 fully saturated rings. The number of aryl methyl sites for hydroxylation is 3. The van der Waals surface area contributed by atoms with Crippen LogP contribution in [0.25, 0.3) is 0 Å². The van der Waals surface area contributed by atoms with Crippen LogP contribution in [0, 0.1) is 20.8 Å². The molecule has 2 aromatic rings. The summed E-state index contributed by atoms with van der Waals surface area (Å²) in [4.78, 5) is 18.9. The zero-order chi connectivity index (χ0) is 15.6. The molecule has 0 aliphatic carbocycles. The molecule has 0 aliphatic heterocycles. The number of carboxylic acids is 1. The Bertz CT molecular complexity index is 616. The van der Waals surface area contributed by atoms with Crippen LogP contribution in [0.2, 0.25) is 0 Å². The molecule has 0 radical (unpaired) electrons. The van der Waals surface area contributed by atoms with Crippen molar-refractivity contribution in [1.29, 1.82) is 0 Å². The van der Waals surface area contributed by atoms with Crippen LogP contribution in [-0.2, 0) is 11.2 Å². The second-order valence-corrected chi connectivity index (χ2v) is 6.01. The summed E-state index contributed by atoms with van der Waals surface area (Å²) in [7, 11) is 1.81. The smallest absolute Gasteiger partial charge is 0.325 e. The molecular weight excluding hydrogens is 290 g/mol. The zero-order valence-corrected chi connectivity index (χ0v) is 13.4. The van der Waals surface area contributed by atoms with E-state index in [4.69, 9.17) is 4.52 Å². The van der Waals surface area contributed by atoms with E-state index in [0.29, 0.717) is 23.6 Å². The second-order valence-electron chi connectivity index (χ2n) is 5.07. The van der Waals surface area contributed by atoms with Crippen molar-refractivity contribution < 1.29 is 14.4 Å². The van der Waals surface area contributed by atoms with Crippen LogP contribution >= 0.6 is 11.3 Å². The Morgan fingerprint density at radius 2 is 2.14 bits per heavy atom. The summed E-state index contributed by atoms with van der Waals surface area (Å²) in [5, 5.41) is 13.4. The van der Waals surface area contributed by atoms with Crippen molar-refractivity contribution in [3.8, 4) is 0 Å². The Hall–Kier alpha value is -1.73. The highest BCUT2D eigenvalue weighted by molar-refractivity contribution is 7.09. The maximum atomic E-state index is 11.7. The molecule has 2 aromatic heterocycles. The first kappa shape index (κ1) is 15.7. The molecule has 2 heterocycles. The van der Waals surface area contributed by atoms with Crippen molar-refractivity contribution in [2.24, 2.45) is 0 Å². The summed E-state index contributed by atoms with van der Waals surface area (Å²) in [6, 6.07) is -0.746. The van der Waals surface area contributed by atoms with Crippen LogP contribution < -0.4 is 0 Å². The van der Waals surface area contributed by atoms with E-state index in [2.05, 4.69) is 10.1 Å². The lowest BCUT2D eigenvalue weighted by Gasteiger charge is -2.24. The standard InChI is InChI=1S/C14H19N3O3S/c1-8-11(21-7-15-8)5-6-17(4)13(14(18)19)12-9(2)16-20-10(12)3/h7,13H,5-6H2,1-4H3,(H,18,19). The molecule has 1 atom stereocenters. The van der Waals surface area contributed by atoms with E-state index in [1.165, 1.54) is 4.88 Å². The van der Waals surface area contributed by atoms with E-state index < -0.39 is 12.0 Å². The van der Waals surface area contributed by atoms with Crippen LogP contribution in [-0.4, -0.2) is 39.7 Å². The number of aromatic nitrogens is 2. The fraction of sp³-hybridized carbons (Fsp3) is 0.500. The highest BCUT2D eigenvalue weighted by Gasteiger charge is 2.30. The first-order chi connectivity index (χ1) is 9.91. The van der Waals surface area contributed by atoms with Crippen LogP contribution in [0.15, 0.2) is 10.0 Å². The van der Waals surface area contributed by atoms with Gasteiger partial charge in [-0.2, -0.15) is 0 Å². The molecule has 2 rings (SSSR count). The molecule has 0 spiro atoms. The average Bonchev–Trinajstić information content (AvgIpc) is 2.96. The van der Waals surface area contributed by atoms with Crippen molar-refractivity contribution >= 4 is 17.3 Å². The number of carboxylic acid groups (broad SMARTS) is 1. The van der Waals surface area contributed by atoms with E-state index >= 15 is 0 Å². The molecule has 0 saturated heterocycles. The number of thiazole rings is 1. The van der Waals surface area contributed by atoms with Crippen LogP contribution in [0.4, 0.5) is 0 Å². The zero-order valence-electron chi connectivity index (χ0n) is 12.6. The summed E-state index contributed by atoms with van der Waals surface area (Å²) < 4.78 is 5.10. The van der Waals surface area contributed by atoms with E-state index in [-0.39, 0.29) is 0 Å². The third-order valence-electron chi connectivity index (χ3n) is 3.57.